The summed E-state index contributed by atoms with van der Waals surface area (Å²) in [4.78, 5) is 8.55. The van der Waals surface area contributed by atoms with Crippen LogP contribution >= 0.6 is 0 Å². The van der Waals surface area contributed by atoms with Gasteiger partial charge in [-0.15, -0.1) is 0 Å². The molecular formula is C12H22N4O. The molecule has 1 rings (SSSR count). The lowest BCUT2D eigenvalue weighted by Gasteiger charge is -2.19. The van der Waals surface area contributed by atoms with E-state index in [-0.39, 0.29) is 6.04 Å². The number of nitrogens with one attached hydrogen (secondary N) is 2. The molecule has 1 heterocycles. The zero-order valence-corrected chi connectivity index (χ0v) is 11.2. The van der Waals surface area contributed by atoms with E-state index in [0.29, 0.717) is 12.5 Å². The number of methoxy groups -OCH3 is 1. The van der Waals surface area contributed by atoms with E-state index in [9.17, 15) is 0 Å². The van der Waals surface area contributed by atoms with E-state index < -0.39 is 0 Å². The van der Waals surface area contributed by atoms with Crippen molar-refractivity contribution in [1.82, 2.24) is 9.97 Å². The zero-order chi connectivity index (χ0) is 12.8. The lowest BCUT2D eigenvalue weighted by atomic mass is 10.0. The minimum atomic E-state index is 0.220. The van der Waals surface area contributed by atoms with Crippen LogP contribution in [0.3, 0.4) is 0 Å². The zero-order valence-electron chi connectivity index (χ0n) is 11.2. The number of hydrogen-bond donors (Lipinski definition) is 2. The average molecular weight is 238 g/mol. The number of rotatable bonds is 6. The summed E-state index contributed by atoms with van der Waals surface area (Å²) in [5.41, 5.74) is 1.11. The summed E-state index contributed by atoms with van der Waals surface area (Å²) in [5, 5.41) is 6.45. The van der Waals surface area contributed by atoms with Gasteiger partial charge in [-0.1, -0.05) is 13.8 Å². The molecule has 0 aliphatic heterocycles. The highest BCUT2D eigenvalue weighted by atomic mass is 16.5. The van der Waals surface area contributed by atoms with Crippen molar-refractivity contribution in [3.05, 3.63) is 11.9 Å². The molecular weight excluding hydrogens is 216 g/mol. The van der Waals surface area contributed by atoms with Crippen LogP contribution < -0.4 is 10.6 Å². The van der Waals surface area contributed by atoms with Crippen molar-refractivity contribution in [3.8, 4) is 0 Å². The monoisotopic (exact) mass is 238 g/mol. The number of ether oxygens (including phenoxy) is 1. The Morgan fingerprint density at radius 2 is 1.88 bits per heavy atom. The van der Waals surface area contributed by atoms with E-state index in [0.717, 1.165) is 17.2 Å². The quantitative estimate of drug-likeness (QED) is 0.794. The molecule has 1 atom stereocenters. The van der Waals surface area contributed by atoms with Crippen molar-refractivity contribution in [2.24, 2.45) is 0 Å². The summed E-state index contributed by atoms with van der Waals surface area (Å²) in [6.07, 6.45) is 1.57. The topological polar surface area (TPSA) is 59.1 Å². The Kier molecular flexibility index (Phi) is 5.15. The third-order valence-electron chi connectivity index (χ3n) is 2.50. The molecule has 5 heteroatoms. The first-order valence-corrected chi connectivity index (χ1v) is 5.88. The minimum Gasteiger partial charge on any atom is -0.383 e. The Bertz CT molecular complexity index is 354. The van der Waals surface area contributed by atoms with Crippen LogP contribution in [-0.4, -0.2) is 36.8 Å². The smallest absolute Gasteiger partial charge is 0.135 e. The molecule has 0 aliphatic carbocycles. The predicted molar refractivity (Wildman–Crippen MR) is 70.6 cm³/mol. The van der Waals surface area contributed by atoms with E-state index in [2.05, 4.69) is 41.4 Å². The molecule has 96 valence electrons. The molecule has 2 N–H and O–H groups in total. The van der Waals surface area contributed by atoms with Crippen molar-refractivity contribution in [2.75, 3.05) is 31.4 Å². The molecule has 0 saturated carbocycles. The van der Waals surface area contributed by atoms with Crippen molar-refractivity contribution in [3.63, 3.8) is 0 Å². The molecule has 0 spiro atoms. The van der Waals surface area contributed by atoms with Gasteiger partial charge in [-0.3, -0.25) is 0 Å². The predicted octanol–water partition coefficient (Wildman–Crippen LogP) is 2.09. The van der Waals surface area contributed by atoms with Gasteiger partial charge < -0.3 is 15.4 Å². The Hall–Kier alpha value is -1.36. The fourth-order valence-corrected chi connectivity index (χ4v) is 1.78. The van der Waals surface area contributed by atoms with Crippen LogP contribution in [-0.2, 0) is 4.74 Å². The van der Waals surface area contributed by atoms with E-state index in [1.807, 2.05) is 7.05 Å². The first-order valence-electron chi connectivity index (χ1n) is 5.88. The number of nitrogens with zero attached hydrogens (tertiary/aromatic N) is 2. The molecule has 1 unspecified atom stereocenters. The molecule has 0 amide bonds. The van der Waals surface area contributed by atoms with Crippen LogP contribution in [0.25, 0.3) is 0 Å². The molecule has 0 fully saturated rings. The first-order chi connectivity index (χ1) is 8.10. The molecule has 0 saturated heterocycles. The standard InChI is InChI=1S/C12H22N4O/c1-8(2)10-11(13-4)14-7-15-12(10)16-9(3)6-17-5/h7-9H,6H2,1-5H3,(H2,13,14,15,16). The minimum absolute atomic E-state index is 0.220. The Labute approximate surface area is 103 Å². The van der Waals surface area contributed by atoms with Gasteiger partial charge in [0.1, 0.15) is 18.0 Å². The Balaban J connectivity index is 2.97. The highest BCUT2D eigenvalue weighted by Gasteiger charge is 2.15. The van der Waals surface area contributed by atoms with Crippen LogP contribution in [0.1, 0.15) is 32.3 Å². The third kappa shape index (κ3) is 3.56. The maximum Gasteiger partial charge on any atom is 0.135 e. The van der Waals surface area contributed by atoms with Crippen molar-refractivity contribution in [1.29, 1.82) is 0 Å². The van der Waals surface area contributed by atoms with Crippen molar-refractivity contribution < 1.29 is 4.74 Å². The summed E-state index contributed by atoms with van der Waals surface area (Å²) < 4.78 is 5.11. The molecule has 1 aromatic rings. The highest BCUT2D eigenvalue weighted by molar-refractivity contribution is 5.59. The maximum absolute atomic E-state index is 5.11. The summed E-state index contributed by atoms with van der Waals surface area (Å²) in [6, 6.07) is 0.220. The normalized spacial score (nSPS) is 12.6. The van der Waals surface area contributed by atoms with Gasteiger partial charge in [0.05, 0.1) is 6.61 Å². The highest BCUT2D eigenvalue weighted by Crippen LogP contribution is 2.28. The molecule has 5 nitrogen and oxygen atoms in total. The lowest BCUT2D eigenvalue weighted by molar-refractivity contribution is 0.190. The van der Waals surface area contributed by atoms with Crippen molar-refractivity contribution >= 4 is 11.6 Å². The van der Waals surface area contributed by atoms with Crippen molar-refractivity contribution in [2.45, 2.75) is 32.7 Å². The Morgan fingerprint density at radius 3 is 2.41 bits per heavy atom. The number of aromatic nitrogens is 2. The van der Waals surface area contributed by atoms with Gasteiger partial charge in [0.2, 0.25) is 0 Å². The van der Waals surface area contributed by atoms with Gasteiger partial charge in [-0.25, -0.2) is 9.97 Å². The number of anilines is 2. The average Bonchev–Trinajstić information content (AvgIpc) is 2.28. The van der Waals surface area contributed by atoms with Gasteiger partial charge >= 0.3 is 0 Å². The molecule has 1 aromatic heterocycles. The molecule has 0 aromatic carbocycles. The van der Waals surface area contributed by atoms with Gasteiger partial charge in [0, 0.05) is 25.8 Å². The fraction of sp³-hybridized carbons (Fsp3) is 0.667. The van der Waals surface area contributed by atoms with Crippen LogP contribution in [0, 0.1) is 0 Å². The Morgan fingerprint density at radius 1 is 1.24 bits per heavy atom. The second-order valence-corrected chi connectivity index (χ2v) is 4.39. The van der Waals surface area contributed by atoms with Crippen LogP contribution in [0.4, 0.5) is 11.6 Å². The van der Waals surface area contributed by atoms with Crippen LogP contribution in [0.2, 0.25) is 0 Å². The van der Waals surface area contributed by atoms with E-state index in [1.165, 1.54) is 0 Å². The molecule has 0 bridgehead atoms. The SMILES string of the molecule is CNc1ncnc(NC(C)COC)c1C(C)C. The van der Waals surface area contributed by atoms with Gasteiger partial charge in [-0.2, -0.15) is 0 Å². The summed E-state index contributed by atoms with van der Waals surface area (Å²) in [6.45, 7) is 6.97. The van der Waals surface area contributed by atoms with E-state index in [1.54, 1.807) is 13.4 Å². The van der Waals surface area contributed by atoms with E-state index >= 15 is 0 Å². The summed E-state index contributed by atoms with van der Waals surface area (Å²) >= 11 is 0. The maximum atomic E-state index is 5.11. The summed E-state index contributed by atoms with van der Waals surface area (Å²) in [7, 11) is 3.57. The fourth-order valence-electron chi connectivity index (χ4n) is 1.78. The second-order valence-electron chi connectivity index (χ2n) is 4.39. The van der Waals surface area contributed by atoms with E-state index in [4.69, 9.17) is 4.74 Å². The summed E-state index contributed by atoms with van der Waals surface area (Å²) in [5.74, 6) is 2.11. The second kappa shape index (κ2) is 6.39. The first kappa shape index (κ1) is 13.7. The molecule has 17 heavy (non-hydrogen) atoms. The van der Waals surface area contributed by atoms with Crippen LogP contribution in [0.5, 0.6) is 0 Å². The number of hydrogen-bond acceptors (Lipinski definition) is 5. The van der Waals surface area contributed by atoms with Gasteiger partial charge in [-0.05, 0) is 12.8 Å². The van der Waals surface area contributed by atoms with Gasteiger partial charge in [0.15, 0.2) is 0 Å². The largest absolute Gasteiger partial charge is 0.383 e. The lowest BCUT2D eigenvalue weighted by Crippen LogP contribution is -2.23. The van der Waals surface area contributed by atoms with Crippen LogP contribution in [0.15, 0.2) is 6.33 Å². The third-order valence-corrected chi connectivity index (χ3v) is 2.50. The van der Waals surface area contributed by atoms with Gasteiger partial charge in [0.25, 0.3) is 0 Å². The molecule has 0 aliphatic rings. The molecule has 0 radical (unpaired) electrons.